The van der Waals surface area contributed by atoms with Crippen LogP contribution in [0.4, 0.5) is 5.69 Å². The summed E-state index contributed by atoms with van der Waals surface area (Å²) in [4.78, 5) is 26.6. The quantitative estimate of drug-likeness (QED) is 0.119. The molecule has 318 valence electrons. The van der Waals surface area contributed by atoms with Crippen molar-refractivity contribution in [3.05, 3.63) is 231 Å². The number of aromatic nitrogens is 8. The molecule has 2 aliphatic heterocycles. The highest BCUT2D eigenvalue weighted by Crippen LogP contribution is 2.22. The summed E-state index contributed by atoms with van der Waals surface area (Å²) in [5.74, 6) is 0.495. The highest BCUT2D eigenvalue weighted by atomic mass is 15.3. The number of fused-ring (bicyclic) bond motifs is 7. The van der Waals surface area contributed by atoms with Crippen LogP contribution >= 0.6 is 0 Å². The molecule has 0 radical (unpaired) electrons. The average molecular weight is 850 g/mol. The van der Waals surface area contributed by atoms with Gasteiger partial charge < -0.3 is 15.4 Å². The molecule has 2 unspecified atom stereocenters. The molecule has 0 saturated carbocycles. The SMILES string of the molecule is C1=CC2C=NNC2C=C1.C1=Nc2ccccc2C1.c1ccc2[nH]ncc2c1.c1ccc2cnccc2c1.c1ccc2ncccc2c1.c1cnc2[nH]ccc2c1.c1cnc2cc[nH]c2c1. The van der Waals surface area contributed by atoms with Crippen molar-refractivity contribution in [2.75, 3.05) is 0 Å². The third kappa shape index (κ3) is 12.4. The maximum atomic E-state index is 4.18. The summed E-state index contributed by atoms with van der Waals surface area (Å²) in [6, 6.07) is 50.8. The van der Waals surface area contributed by atoms with E-state index in [4.69, 9.17) is 0 Å². The number of benzene rings is 4. The van der Waals surface area contributed by atoms with Crippen LogP contribution in [0.15, 0.2) is 236 Å². The number of nitrogens with zero attached hydrogens (tertiary/aromatic N) is 7. The van der Waals surface area contributed by atoms with Gasteiger partial charge in [-0.2, -0.15) is 10.2 Å². The summed E-state index contributed by atoms with van der Waals surface area (Å²) in [7, 11) is 0. The standard InChI is InChI=1S/2C9H7N.C8H7N.2C7H6N2.C7H8N2.C7H6N2/c1-2-6-9-8(4-1)5-3-7-10-9;1-2-4-9-7-10-6-5-8(9)3-1;1-2-4-8-7(3-1)5-6-9-8;1-2-6-7(8-4-1)3-5-9-6;1-2-6-3-5-9-7(6)8-4-1;2*1-2-4-7-6(3-1)5-8-9-7/h2*1-7H;1-4,6H,5H2;1-5,9H;1-5H,(H,8,9);1-7,9H;1-5H,(H,8,9). The van der Waals surface area contributed by atoms with Gasteiger partial charge in [-0.25, -0.2) is 4.98 Å². The monoisotopic (exact) mass is 849 g/mol. The lowest BCUT2D eigenvalue weighted by Crippen LogP contribution is -2.24. The van der Waals surface area contributed by atoms with Gasteiger partial charge in [0, 0.05) is 84.3 Å². The molecular weight excluding hydrogens is 803 g/mol. The first kappa shape index (κ1) is 42.8. The normalized spacial score (nSPS) is 14.3. The lowest BCUT2D eigenvalue weighted by atomic mass is 9.98. The Kier molecular flexibility index (Phi) is 15.1. The van der Waals surface area contributed by atoms with E-state index in [1.54, 1.807) is 12.4 Å². The number of pyridine rings is 4. The fraction of sp³-hybridized carbons (Fsp3) is 0.0556. The van der Waals surface area contributed by atoms with Crippen molar-refractivity contribution in [2.24, 2.45) is 16.0 Å². The zero-order chi connectivity index (χ0) is 44.1. The number of hydrogen-bond acceptors (Lipinski definition) is 8. The van der Waals surface area contributed by atoms with Crippen LogP contribution < -0.4 is 5.43 Å². The Morgan fingerprint density at radius 3 is 2.00 bits per heavy atom. The predicted octanol–water partition coefficient (Wildman–Crippen LogP) is 11.8. The highest BCUT2D eigenvalue weighted by molar-refractivity contribution is 5.81. The van der Waals surface area contributed by atoms with Gasteiger partial charge in [0.25, 0.3) is 0 Å². The Balaban J connectivity index is 0.000000103. The summed E-state index contributed by atoms with van der Waals surface area (Å²) in [5, 5.41) is 16.7. The van der Waals surface area contributed by atoms with Gasteiger partial charge in [-0.3, -0.25) is 25.0 Å². The van der Waals surface area contributed by atoms with Crippen LogP contribution in [0.2, 0.25) is 0 Å². The molecule has 0 spiro atoms. The first-order valence-corrected chi connectivity index (χ1v) is 21.2. The van der Waals surface area contributed by atoms with Crippen LogP contribution in [0.3, 0.4) is 0 Å². The second-order valence-electron chi connectivity index (χ2n) is 14.6. The Hall–Kier alpha value is -8.83. The fourth-order valence-electron chi connectivity index (χ4n) is 6.85. The van der Waals surface area contributed by atoms with Gasteiger partial charge in [0.1, 0.15) is 5.65 Å². The van der Waals surface area contributed by atoms with Crippen LogP contribution in [0, 0.1) is 5.92 Å². The Labute approximate surface area is 376 Å². The Morgan fingerprint density at radius 2 is 1.18 bits per heavy atom. The smallest absolute Gasteiger partial charge is 0.137 e. The average Bonchev–Trinajstić information content (AvgIpc) is 4.26. The second-order valence-corrected chi connectivity index (χ2v) is 14.6. The molecule has 4 aromatic carbocycles. The molecule has 0 amide bonds. The van der Waals surface area contributed by atoms with Crippen molar-refractivity contribution >= 4 is 72.8 Å². The van der Waals surface area contributed by atoms with E-state index < -0.39 is 0 Å². The van der Waals surface area contributed by atoms with E-state index >= 15 is 0 Å². The predicted molar refractivity (Wildman–Crippen MR) is 267 cm³/mol. The fourth-order valence-corrected chi connectivity index (χ4v) is 6.85. The van der Waals surface area contributed by atoms with Gasteiger partial charge in [-0.1, -0.05) is 109 Å². The second kappa shape index (κ2) is 22.9. The topological polar surface area (TPSA) is 149 Å². The molecule has 2 atom stereocenters. The number of para-hydroxylation sites is 3. The molecule has 0 fully saturated rings. The molecule has 3 aliphatic rings. The van der Waals surface area contributed by atoms with Gasteiger partial charge in [-0.05, 0) is 83.1 Å². The van der Waals surface area contributed by atoms with Crippen LogP contribution in [-0.4, -0.2) is 58.6 Å². The molecule has 11 heteroatoms. The molecule has 65 heavy (non-hydrogen) atoms. The minimum atomic E-state index is 0.426. The molecule has 0 saturated heterocycles. The van der Waals surface area contributed by atoms with Crippen molar-refractivity contribution in [1.29, 1.82) is 0 Å². The number of hydrogen-bond donors (Lipinski definition) is 4. The minimum Gasteiger partial charge on any atom is -0.360 e. The van der Waals surface area contributed by atoms with Gasteiger partial charge >= 0.3 is 0 Å². The van der Waals surface area contributed by atoms with Gasteiger partial charge in [0.15, 0.2) is 0 Å². The Morgan fingerprint density at radius 1 is 0.492 bits per heavy atom. The number of rotatable bonds is 0. The van der Waals surface area contributed by atoms with E-state index in [0.29, 0.717) is 12.0 Å². The van der Waals surface area contributed by atoms with Crippen molar-refractivity contribution < 1.29 is 0 Å². The van der Waals surface area contributed by atoms with Crippen molar-refractivity contribution in [3.63, 3.8) is 0 Å². The molecule has 4 N–H and O–H groups in total. The lowest BCUT2D eigenvalue weighted by molar-refractivity contribution is 0.622. The summed E-state index contributed by atoms with van der Waals surface area (Å²) >= 11 is 0. The van der Waals surface area contributed by atoms with Crippen molar-refractivity contribution in [2.45, 2.75) is 12.5 Å². The summed E-state index contributed by atoms with van der Waals surface area (Å²) in [6.07, 6.45) is 27.9. The number of hydrazone groups is 1. The lowest BCUT2D eigenvalue weighted by Gasteiger charge is -2.11. The number of H-pyrrole nitrogens is 3. The van der Waals surface area contributed by atoms with E-state index in [1.807, 2.05) is 177 Å². The van der Waals surface area contributed by atoms with Gasteiger partial charge in [-0.15, -0.1) is 0 Å². The Bertz CT molecular complexity index is 2840. The van der Waals surface area contributed by atoms with Crippen molar-refractivity contribution in [3.8, 4) is 0 Å². The largest absolute Gasteiger partial charge is 0.360 e. The minimum absolute atomic E-state index is 0.426. The molecule has 11 nitrogen and oxygen atoms in total. The number of aliphatic imine (C=N–C) groups is 1. The summed E-state index contributed by atoms with van der Waals surface area (Å²) < 4.78 is 0. The molecule has 1 aliphatic carbocycles. The van der Waals surface area contributed by atoms with E-state index in [-0.39, 0.29) is 0 Å². The molecule has 11 aromatic rings. The first-order valence-electron chi connectivity index (χ1n) is 21.2. The molecular formula is C54H47N11. The van der Waals surface area contributed by atoms with Crippen LogP contribution in [0.5, 0.6) is 0 Å². The maximum absolute atomic E-state index is 4.18. The number of aromatic amines is 3. The van der Waals surface area contributed by atoms with Gasteiger partial charge in [0.2, 0.25) is 0 Å². The number of nitrogens with one attached hydrogen (secondary N) is 4. The van der Waals surface area contributed by atoms with E-state index in [2.05, 4.69) is 104 Å². The molecule has 9 heterocycles. The van der Waals surface area contributed by atoms with E-state index in [9.17, 15) is 0 Å². The van der Waals surface area contributed by atoms with E-state index in [1.165, 1.54) is 21.7 Å². The zero-order valence-corrected chi connectivity index (χ0v) is 35.5. The van der Waals surface area contributed by atoms with Crippen LogP contribution in [0.25, 0.3) is 54.6 Å². The maximum Gasteiger partial charge on any atom is 0.137 e. The number of allylic oxidation sites excluding steroid dienone is 2. The zero-order valence-electron chi connectivity index (χ0n) is 35.5. The summed E-state index contributed by atoms with van der Waals surface area (Å²) in [5.41, 5.74) is 10.7. The third-order valence-electron chi connectivity index (χ3n) is 10.2. The molecule has 14 rings (SSSR count). The van der Waals surface area contributed by atoms with E-state index in [0.717, 1.165) is 50.6 Å². The third-order valence-corrected chi connectivity index (χ3v) is 10.2. The molecule has 7 aromatic heterocycles. The van der Waals surface area contributed by atoms with Crippen LogP contribution in [-0.2, 0) is 6.42 Å². The van der Waals surface area contributed by atoms with Crippen molar-refractivity contribution in [1.82, 2.24) is 45.5 Å². The van der Waals surface area contributed by atoms with Gasteiger partial charge in [0.05, 0.1) is 40.0 Å². The van der Waals surface area contributed by atoms with Crippen LogP contribution in [0.1, 0.15) is 5.56 Å². The summed E-state index contributed by atoms with van der Waals surface area (Å²) in [6.45, 7) is 0. The molecule has 0 bridgehead atoms. The highest BCUT2D eigenvalue weighted by Gasteiger charge is 2.19. The first-order chi connectivity index (χ1) is 32.3.